The second-order valence-electron chi connectivity index (χ2n) is 6.72. The fourth-order valence-electron chi connectivity index (χ4n) is 3.60. The molecule has 1 aromatic rings. The summed E-state index contributed by atoms with van der Waals surface area (Å²) in [4.78, 5) is 15.1. The van der Waals surface area contributed by atoms with Crippen molar-refractivity contribution < 1.29 is 4.79 Å². The van der Waals surface area contributed by atoms with Gasteiger partial charge in [0.25, 0.3) is 0 Å². The Bertz CT molecular complexity index is 520. The minimum Gasteiger partial charge on any atom is -0.342 e. The third-order valence-corrected chi connectivity index (χ3v) is 5.51. The van der Waals surface area contributed by atoms with Gasteiger partial charge < -0.3 is 10.2 Å². The van der Waals surface area contributed by atoms with E-state index in [1.165, 1.54) is 6.42 Å². The summed E-state index contributed by atoms with van der Waals surface area (Å²) in [7, 11) is 2.00. The molecule has 1 saturated heterocycles. The van der Waals surface area contributed by atoms with Gasteiger partial charge >= 0.3 is 0 Å². The molecule has 1 saturated carbocycles. The van der Waals surface area contributed by atoms with Gasteiger partial charge in [-0.2, -0.15) is 0 Å². The first kappa shape index (κ1) is 18.6. The van der Waals surface area contributed by atoms with Gasteiger partial charge in [-0.25, -0.2) is 0 Å². The molecule has 0 unspecified atom stereocenters. The van der Waals surface area contributed by atoms with E-state index < -0.39 is 0 Å². The quantitative estimate of drug-likeness (QED) is 0.873. The summed E-state index contributed by atoms with van der Waals surface area (Å²) in [6.07, 6.45) is 5.47. The largest absolute Gasteiger partial charge is 0.342 e. The lowest BCUT2D eigenvalue weighted by Crippen LogP contribution is -2.44. The highest BCUT2D eigenvalue weighted by molar-refractivity contribution is 6.30. The van der Waals surface area contributed by atoms with Crippen LogP contribution in [0.1, 0.15) is 37.7 Å². The van der Waals surface area contributed by atoms with Crippen molar-refractivity contribution in [2.24, 2.45) is 5.92 Å². The van der Waals surface area contributed by atoms with Crippen molar-refractivity contribution in [3.05, 3.63) is 34.9 Å². The molecule has 3 nitrogen and oxygen atoms in total. The molecule has 0 bridgehead atoms. The maximum Gasteiger partial charge on any atom is 0.233 e. The number of hydrogen-bond donors (Lipinski definition) is 1. The highest BCUT2D eigenvalue weighted by Gasteiger charge is 2.53. The van der Waals surface area contributed by atoms with Gasteiger partial charge in [0.1, 0.15) is 0 Å². The minimum atomic E-state index is -0.248. The summed E-state index contributed by atoms with van der Waals surface area (Å²) < 4.78 is 0. The Morgan fingerprint density at radius 2 is 1.87 bits per heavy atom. The molecule has 0 radical (unpaired) electrons. The lowest BCUT2D eigenvalue weighted by atomic mass is 9.90. The molecule has 1 aliphatic heterocycles. The van der Waals surface area contributed by atoms with Gasteiger partial charge in [-0.15, -0.1) is 12.4 Å². The Morgan fingerprint density at radius 3 is 2.39 bits per heavy atom. The molecular weight excluding hydrogens is 331 g/mol. The van der Waals surface area contributed by atoms with Crippen molar-refractivity contribution >= 4 is 29.9 Å². The first-order chi connectivity index (χ1) is 10.7. The molecule has 1 aliphatic carbocycles. The molecule has 0 atom stereocenters. The van der Waals surface area contributed by atoms with Crippen LogP contribution in [-0.2, 0) is 10.2 Å². The van der Waals surface area contributed by atoms with E-state index in [0.717, 1.165) is 61.8 Å². The van der Waals surface area contributed by atoms with Crippen molar-refractivity contribution in [3.63, 3.8) is 0 Å². The van der Waals surface area contributed by atoms with Crippen molar-refractivity contribution in [1.29, 1.82) is 0 Å². The lowest BCUT2D eigenvalue weighted by Gasteiger charge is -2.34. The Kier molecular flexibility index (Phi) is 6.35. The number of benzene rings is 1. The predicted molar refractivity (Wildman–Crippen MR) is 97.5 cm³/mol. The summed E-state index contributed by atoms with van der Waals surface area (Å²) in [5.74, 6) is 1.10. The van der Waals surface area contributed by atoms with E-state index in [2.05, 4.69) is 10.2 Å². The topological polar surface area (TPSA) is 32.3 Å². The van der Waals surface area contributed by atoms with Crippen LogP contribution in [0.15, 0.2) is 24.3 Å². The van der Waals surface area contributed by atoms with E-state index in [1.807, 2.05) is 31.3 Å². The van der Waals surface area contributed by atoms with E-state index in [0.29, 0.717) is 5.91 Å². The number of nitrogens with one attached hydrogen (secondary N) is 1. The number of carbonyl (C=O) groups is 1. The highest BCUT2D eigenvalue weighted by Crippen LogP contribution is 2.50. The molecule has 0 spiro atoms. The Morgan fingerprint density at radius 1 is 1.26 bits per heavy atom. The molecule has 23 heavy (non-hydrogen) atoms. The van der Waals surface area contributed by atoms with Crippen LogP contribution in [0.25, 0.3) is 0 Å². The minimum absolute atomic E-state index is 0. The summed E-state index contributed by atoms with van der Waals surface area (Å²) in [6.45, 7) is 2.92. The Labute approximate surface area is 150 Å². The number of amides is 1. The smallest absolute Gasteiger partial charge is 0.233 e. The fraction of sp³-hybridized carbons (Fsp3) is 0.611. The van der Waals surface area contributed by atoms with Gasteiger partial charge in [-0.05, 0) is 69.3 Å². The SMILES string of the molecule is CNCCC1CCN(C(=O)C2(c3ccc(Cl)cc3)CC2)CC1.Cl. The van der Waals surface area contributed by atoms with Crippen molar-refractivity contribution in [3.8, 4) is 0 Å². The average Bonchev–Trinajstić information content (AvgIpc) is 3.35. The van der Waals surface area contributed by atoms with Crippen LogP contribution in [0, 0.1) is 5.92 Å². The Balaban J connectivity index is 0.00000192. The number of piperidine rings is 1. The average molecular weight is 357 g/mol. The van der Waals surface area contributed by atoms with Gasteiger partial charge in [0.15, 0.2) is 0 Å². The zero-order valence-electron chi connectivity index (χ0n) is 13.7. The zero-order chi connectivity index (χ0) is 15.6. The number of rotatable bonds is 5. The van der Waals surface area contributed by atoms with E-state index in [-0.39, 0.29) is 17.8 Å². The number of halogens is 2. The number of likely N-dealkylation sites (tertiary alicyclic amines) is 1. The van der Waals surface area contributed by atoms with Crippen molar-refractivity contribution in [2.75, 3.05) is 26.7 Å². The molecule has 128 valence electrons. The van der Waals surface area contributed by atoms with Crippen LogP contribution in [0.3, 0.4) is 0 Å². The molecule has 2 aliphatic rings. The Hall–Kier alpha value is -0.770. The monoisotopic (exact) mass is 356 g/mol. The van der Waals surface area contributed by atoms with E-state index in [1.54, 1.807) is 0 Å². The second-order valence-corrected chi connectivity index (χ2v) is 7.15. The van der Waals surface area contributed by atoms with Gasteiger partial charge in [-0.1, -0.05) is 23.7 Å². The molecular formula is C18H26Cl2N2O. The van der Waals surface area contributed by atoms with E-state index in [9.17, 15) is 4.79 Å². The van der Waals surface area contributed by atoms with Crippen molar-refractivity contribution in [1.82, 2.24) is 10.2 Å². The molecule has 1 aromatic carbocycles. The predicted octanol–water partition coefficient (Wildman–Crippen LogP) is 3.64. The lowest BCUT2D eigenvalue weighted by molar-refractivity contribution is -0.135. The van der Waals surface area contributed by atoms with Crippen molar-refractivity contribution in [2.45, 2.75) is 37.5 Å². The van der Waals surface area contributed by atoms with E-state index >= 15 is 0 Å². The number of hydrogen-bond acceptors (Lipinski definition) is 2. The molecule has 5 heteroatoms. The summed E-state index contributed by atoms with van der Waals surface area (Å²) in [5.41, 5.74) is 0.891. The zero-order valence-corrected chi connectivity index (χ0v) is 15.3. The molecule has 0 aromatic heterocycles. The van der Waals surface area contributed by atoms with Gasteiger partial charge in [0, 0.05) is 18.1 Å². The normalized spacial score (nSPS) is 20.0. The molecule has 2 fully saturated rings. The number of nitrogens with zero attached hydrogens (tertiary/aromatic N) is 1. The van der Waals surface area contributed by atoms with Crippen LogP contribution in [-0.4, -0.2) is 37.5 Å². The van der Waals surface area contributed by atoms with Crippen LogP contribution >= 0.6 is 24.0 Å². The standard InChI is InChI=1S/C18H25ClN2O.ClH/c1-20-11-6-14-7-12-21(13-8-14)17(22)18(9-10-18)15-2-4-16(19)5-3-15;/h2-5,14,20H,6-13H2,1H3;1H. The molecule has 1 N–H and O–H groups in total. The fourth-order valence-corrected chi connectivity index (χ4v) is 3.72. The third-order valence-electron chi connectivity index (χ3n) is 5.26. The van der Waals surface area contributed by atoms with Crippen LogP contribution < -0.4 is 5.32 Å². The maximum atomic E-state index is 13.0. The van der Waals surface area contributed by atoms with Crippen LogP contribution in [0.4, 0.5) is 0 Å². The highest BCUT2D eigenvalue weighted by atomic mass is 35.5. The summed E-state index contributed by atoms with van der Waals surface area (Å²) >= 11 is 5.97. The van der Waals surface area contributed by atoms with Gasteiger partial charge in [0.2, 0.25) is 5.91 Å². The maximum absolute atomic E-state index is 13.0. The summed E-state index contributed by atoms with van der Waals surface area (Å²) in [6, 6.07) is 7.84. The van der Waals surface area contributed by atoms with E-state index in [4.69, 9.17) is 11.6 Å². The third kappa shape index (κ3) is 4.01. The molecule has 3 rings (SSSR count). The van der Waals surface area contributed by atoms with Gasteiger partial charge in [0.05, 0.1) is 5.41 Å². The molecule has 1 heterocycles. The second kappa shape index (κ2) is 7.87. The molecule has 1 amide bonds. The summed E-state index contributed by atoms with van der Waals surface area (Å²) in [5, 5.41) is 3.95. The first-order valence-electron chi connectivity index (χ1n) is 8.36. The van der Waals surface area contributed by atoms with Crippen LogP contribution in [0.2, 0.25) is 5.02 Å². The van der Waals surface area contributed by atoms with Crippen LogP contribution in [0.5, 0.6) is 0 Å². The van der Waals surface area contributed by atoms with Gasteiger partial charge in [-0.3, -0.25) is 4.79 Å². The first-order valence-corrected chi connectivity index (χ1v) is 8.73. The number of carbonyl (C=O) groups excluding carboxylic acids is 1.